The fourth-order valence-electron chi connectivity index (χ4n) is 2.23. The van der Waals surface area contributed by atoms with E-state index in [-0.39, 0.29) is 0 Å². The first kappa shape index (κ1) is 18.7. The molecule has 0 saturated carbocycles. The number of aliphatic hydroxyl groups is 3. The molecule has 0 aromatic carbocycles. The molecule has 0 aromatic heterocycles. The van der Waals surface area contributed by atoms with Gasteiger partial charge in [0.1, 0.15) is 6.10 Å². The number of hydrogen-bond acceptors (Lipinski definition) is 6. The molecule has 22 heavy (non-hydrogen) atoms. The maximum atomic E-state index is 14.1. The summed E-state index contributed by atoms with van der Waals surface area (Å²) < 4.78 is 32.4. The highest BCUT2D eigenvalue weighted by Crippen LogP contribution is 2.35. The average molecular weight is 327 g/mol. The Hall–Kier alpha value is -1.36. The minimum Gasteiger partial charge on any atom is -0.477 e. The van der Waals surface area contributed by atoms with Crippen molar-refractivity contribution in [2.24, 2.45) is 0 Å². The Kier molecular flexibility index (Phi) is 6.17. The van der Waals surface area contributed by atoms with Gasteiger partial charge < -0.3 is 30.5 Å². The van der Waals surface area contributed by atoms with Gasteiger partial charge in [0.25, 0.3) is 0 Å². The summed E-state index contributed by atoms with van der Waals surface area (Å²) in [6, 6.07) is -1.09. The Balaban J connectivity index is 2.93. The third-order valence-electron chi connectivity index (χ3n) is 3.42. The number of rotatable bonds is 6. The molecule has 1 rings (SSSR count). The lowest BCUT2D eigenvalue weighted by Gasteiger charge is -2.41. The molecule has 1 amide bonds. The standard InChI is InChI=1S/C12H19F2NO7/c1-5(17)15-6-2-10(13)12(14,11(20)21)22-9(6)3-7(18)8(19)4-16/h6-10,16,18-19H,2-4H2,1H3,(H,15,17)(H,20,21)/t6-,7-,8-,9+,10-,12-/m1/s1. The van der Waals surface area contributed by atoms with Crippen LogP contribution in [0.2, 0.25) is 0 Å². The van der Waals surface area contributed by atoms with Crippen molar-refractivity contribution >= 4 is 11.9 Å². The summed E-state index contributed by atoms with van der Waals surface area (Å²) in [5.74, 6) is -6.35. The number of carboxylic acids is 1. The molecule has 0 bridgehead atoms. The van der Waals surface area contributed by atoms with Crippen LogP contribution in [0.25, 0.3) is 0 Å². The third-order valence-corrected chi connectivity index (χ3v) is 3.42. The van der Waals surface area contributed by atoms with Crippen LogP contribution in [0.3, 0.4) is 0 Å². The maximum Gasteiger partial charge on any atom is 0.372 e. The number of amides is 1. The van der Waals surface area contributed by atoms with Crippen molar-refractivity contribution in [3.8, 4) is 0 Å². The van der Waals surface area contributed by atoms with Crippen molar-refractivity contribution in [2.75, 3.05) is 6.61 Å². The molecule has 0 aliphatic carbocycles. The molecule has 5 N–H and O–H groups in total. The Morgan fingerprint density at radius 3 is 2.45 bits per heavy atom. The highest BCUT2D eigenvalue weighted by molar-refractivity contribution is 5.77. The molecule has 128 valence electrons. The van der Waals surface area contributed by atoms with E-state index in [1.807, 2.05) is 0 Å². The van der Waals surface area contributed by atoms with Crippen molar-refractivity contribution < 1.29 is 43.5 Å². The van der Waals surface area contributed by atoms with Crippen LogP contribution in [0.4, 0.5) is 8.78 Å². The zero-order chi connectivity index (χ0) is 17.1. The molecule has 1 fully saturated rings. The van der Waals surface area contributed by atoms with Gasteiger partial charge in [0.15, 0.2) is 6.17 Å². The van der Waals surface area contributed by atoms with Gasteiger partial charge in [0.05, 0.1) is 24.9 Å². The van der Waals surface area contributed by atoms with E-state index < -0.39 is 67.7 Å². The van der Waals surface area contributed by atoms with Crippen molar-refractivity contribution in [1.82, 2.24) is 5.32 Å². The minimum atomic E-state index is -3.61. The van der Waals surface area contributed by atoms with Crippen LogP contribution in [0, 0.1) is 0 Å². The number of carbonyl (C=O) groups is 2. The Morgan fingerprint density at radius 1 is 1.41 bits per heavy atom. The van der Waals surface area contributed by atoms with Gasteiger partial charge in [-0.15, -0.1) is 0 Å². The molecule has 0 radical (unpaired) electrons. The van der Waals surface area contributed by atoms with Gasteiger partial charge in [-0.25, -0.2) is 9.18 Å². The number of aliphatic hydroxyl groups excluding tert-OH is 3. The van der Waals surface area contributed by atoms with E-state index in [0.717, 1.165) is 6.92 Å². The lowest BCUT2D eigenvalue weighted by Crippen LogP contribution is -2.61. The number of carbonyl (C=O) groups excluding carboxylic acids is 1. The van der Waals surface area contributed by atoms with Crippen molar-refractivity contribution in [3.63, 3.8) is 0 Å². The van der Waals surface area contributed by atoms with Gasteiger partial charge in [-0.1, -0.05) is 0 Å². The summed E-state index contributed by atoms with van der Waals surface area (Å²) in [7, 11) is 0. The summed E-state index contributed by atoms with van der Waals surface area (Å²) in [6.45, 7) is 0.335. The molecule has 6 atom stereocenters. The van der Waals surface area contributed by atoms with E-state index in [0.29, 0.717) is 0 Å². The molecule has 1 aliphatic rings. The summed E-state index contributed by atoms with van der Waals surface area (Å²) >= 11 is 0. The molecule has 10 heteroatoms. The van der Waals surface area contributed by atoms with Gasteiger partial charge in [-0.3, -0.25) is 4.79 Å². The quantitative estimate of drug-likeness (QED) is 0.399. The fraction of sp³-hybridized carbons (Fsp3) is 0.833. The summed E-state index contributed by atoms with van der Waals surface area (Å²) in [6.07, 6.45) is -8.22. The monoisotopic (exact) mass is 327 g/mol. The van der Waals surface area contributed by atoms with E-state index >= 15 is 0 Å². The van der Waals surface area contributed by atoms with Gasteiger partial charge in [0, 0.05) is 19.8 Å². The molecular weight excluding hydrogens is 308 g/mol. The summed E-state index contributed by atoms with van der Waals surface area (Å²) in [5, 5.41) is 38.7. The van der Waals surface area contributed by atoms with E-state index in [9.17, 15) is 28.6 Å². The number of carboxylic acid groups (broad SMARTS) is 1. The highest BCUT2D eigenvalue weighted by atomic mass is 19.2. The number of ether oxygens (including phenoxy) is 1. The molecule has 0 aromatic rings. The molecule has 1 heterocycles. The topological polar surface area (TPSA) is 136 Å². The van der Waals surface area contributed by atoms with Gasteiger partial charge in [-0.05, 0) is 0 Å². The van der Waals surface area contributed by atoms with Crippen LogP contribution in [-0.4, -0.2) is 75.3 Å². The molecule has 8 nitrogen and oxygen atoms in total. The number of nitrogens with one attached hydrogen (secondary N) is 1. The fourth-order valence-corrected chi connectivity index (χ4v) is 2.23. The molecular formula is C12H19F2NO7. The maximum absolute atomic E-state index is 14.1. The number of halogens is 2. The largest absolute Gasteiger partial charge is 0.477 e. The lowest BCUT2D eigenvalue weighted by atomic mass is 9.91. The van der Waals surface area contributed by atoms with Gasteiger partial charge in [0.2, 0.25) is 5.91 Å². The van der Waals surface area contributed by atoms with Crippen LogP contribution >= 0.6 is 0 Å². The van der Waals surface area contributed by atoms with Crippen LogP contribution in [-0.2, 0) is 14.3 Å². The normalized spacial score (nSPS) is 34.7. The van der Waals surface area contributed by atoms with Crippen molar-refractivity contribution in [3.05, 3.63) is 0 Å². The zero-order valence-electron chi connectivity index (χ0n) is 11.8. The van der Waals surface area contributed by atoms with Crippen LogP contribution in [0.1, 0.15) is 19.8 Å². The van der Waals surface area contributed by atoms with E-state index in [1.54, 1.807) is 0 Å². The van der Waals surface area contributed by atoms with Crippen molar-refractivity contribution in [2.45, 2.75) is 56.1 Å². The third kappa shape index (κ3) is 4.09. The van der Waals surface area contributed by atoms with Gasteiger partial charge >= 0.3 is 11.8 Å². The average Bonchev–Trinajstić information content (AvgIpc) is 2.42. The first-order chi connectivity index (χ1) is 10.1. The Morgan fingerprint density at radius 2 is 2.00 bits per heavy atom. The van der Waals surface area contributed by atoms with Crippen LogP contribution in [0.5, 0.6) is 0 Å². The number of hydrogen-bond donors (Lipinski definition) is 5. The Labute approximate surface area is 124 Å². The Bertz CT molecular complexity index is 424. The highest BCUT2D eigenvalue weighted by Gasteiger charge is 2.56. The van der Waals surface area contributed by atoms with E-state index in [1.165, 1.54) is 0 Å². The molecule has 1 saturated heterocycles. The van der Waals surface area contributed by atoms with Crippen molar-refractivity contribution in [1.29, 1.82) is 0 Å². The first-order valence-electron chi connectivity index (χ1n) is 6.60. The second-order valence-electron chi connectivity index (χ2n) is 5.17. The minimum absolute atomic E-state index is 0.502. The molecule has 0 unspecified atom stereocenters. The summed E-state index contributed by atoms with van der Waals surface area (Å²) in [4.78, 5) is 21.9. The second kappa shape index (κ2) is 7.27. The second-order valence-corrected chi connectivity index (χ2v) is 5.17. The lowest BCUT2D eigenvalue weighted by molar-refractivity contribution is -0.256. The zero-order valence-corrected chi connectivity index (χ0v) is 11.8. The van der Waals surface area contributed by atoms with E-state index in [2.05, 4.69) is 10.1 Å². The summed E-state index contributed by atoms with van der Waals surface area (Å²) in [5.41, 5.74) is 0. The number of alkyl halides is 2. The molecule has 0 spiro atoms. The van der Waals surface area contributed by atoms with Crippen LogP contribution < -0.4 is 5.32 Å². The smallest absolute Gasteiger partial charge is 0.372 e. The predicted octanol–water partition coefficient (Wildman–Crippen LogP) is -1.53. The number of aliphatic carboxylic acids is 1. The van der Waals surface area contributed by atoms with E-state index in [4.69, 9.17) is 10.2 Å². The first-order valence-corrected chi connectivity index (χ1v) is 6.60. The van der Waals surface area contributed by atoms with Crippen LogP contribution in [0.15, 0.2) is 0 Å². The molecule has 1 aliphatic heterocycles. The van der Waals surface area contributed by atoms with Gasteiger partial charge in [-0.2, -0.15) is 4.39 Å². The predicted molar refractivity (Wildman–Crippen MR) is 67.2 cm³/mol. The SMILES string of the molecule is CC(=O)N[C@@H]1C[C@@H](F)[C@](F)(C(=O)O)O[C@H]1C[C@@H](O)[C@H](O)CO.